The van der Waals surface area contributed by atoms with Crippen molar-refractivity contribution in [2.75, 3.05) is 6.61 Å². The van der Waals surface area contributed by atoms with Crippen LogP contribution < -0.4 is 0 Å². The Morgan fingerprint density at radius 3 is 2.47 bits per heavy atom. The first-order valence-electron chi connectivity index (χ1n) is 6.32. The molecule has 4 heterocycles. The van der Waals surface area contributed by atoms with Crippen LogP contribution in [0.4, 0.5) is 0 Å². The predicted octanol–water partition coefficient (Wildman–Crippen LogP) is 1.50. The molecular weight excluding hydrogens is 192 g/mol. The van der Waals surface area contributed by atoms with E-state index in [9.17, 15) is 0 Å². The summed E-state index contributed by atoms with van der Waals surface area (Å²) in [6.07, 6.45) is 8.24. The van der Waals surface area contributed by atoms with E-state index in [1.165, 1.54) is 19.3 Å². The van der Waals surface area contributed by atoms with E-state index in [0.29, 0.717) is 36.4 Å². The highest BCUT2D eigenvalue weighted by molar-refractivity contribution is 4.98. The second-order valence-corrected chi connectivity index (χ2v) is 5.42. The Bertz CT molecular complexity index is 256. The Morgan fingerprint density at radius 1 is 0.733 bits per heavy atom. The number of ether oxygens (including phenoxy) is 3. The first-order chi connectivity index (χ1) is 7.40. The number of rotatable bonds is 1. The van der Waals surface area contributed by atoms with Gasteiger partial charge in [-0.2, -0.15) is 0 Å². The van der Waals surface area contributed by atoms with Crippen LogP contribution in [0.2, 0.25) is 0 Å². The van der Waals surface area contributed by atoms with Gasteiger partial charge in [-0.25, -0.2) is 0 Å². The minimum Gasteiger partial charge on any atom is -0.375 e. The van der Waals surface area contributed by atoms with Gasteiger partial charge in [-0.1, -0.05) is 0 Å². The molecule has 4 rings (SSSR count). The van der Waals surface area contributed by atoms with E-state index in [1.54, 1.807) is 0 Å². The third kappa shape index (κ3) is 1.30. The van der Waals surface area contributed by atoms with Crippen molar-refractivity contribution in [2.45, 2.75) is 62.6 Å². The average molecular weight is 210 g/mol. The van der Waals surface area contributed by atoms with Crippen LogP contribution in [0.5, 0.6) is 0 Å². The molecule has 6 atom stereocenters. The quantitative estimate of drug-likeness (QED) is 0.656. The van der Waals surface area contributed by atoms with Crippen molar-refractivity contribution >= 4 is 0 Å². The summed E-state index contributed by atoms with van der Waals surface area (Å²) in [7, 11) is 0. The van der Waals surface area contributed by atoms with Crippen LogP contribution in [-0.4, -0.2) is 37.1 Å². The van der Waals surface area contributed by atoms with E-state index in [0.717, 1.165) is 19.4 Å². The molecule has 4 fully saturated rings. The summed E-state index contributed by atoms with van der Waals surface area (Å²) in [5.41, 5.74) is 0. The van der Waals surface area contributed by atoms with Crippen LogP contribution in [0.15, 0.2) is 0 Å². The zero-order valence-corrected chi connectivity index (χ0v) is 8.93. The van der Waals surface area contributed by atoms with Crippen molar-refractivity contribution in [3.8, 4) is 0 Å². The Hall–Kier alpha value is -0.120. The Kier molecular flexibility index (Phi) is 1.91. The first-order valence-corrected chi connectivity index (χ1v) is 6.32. The monoisotopic (exact) mass is 210 g/mol. The molecule has 6 unspecified atom stereocenters. The number of hydrogen-bond donors (Lipinski definition) is 0. The molecule has 4 aliphatic rings. The molecule has 0 saturated carbocycles. The van der Waals surface area contributed by atoms with Gasteiger partial charge in [-0.05, 0) is 25.7 Å². The Balaban J connectivity index is 1.47. The minimum atomic E-state index is 0.397. The van der Waals surface area contributed by atoms with Gasteiger partial charge in [0.2, 0.25) is 0 Å². The van der Waals surface area contributed by atoms with Gasteiger partial charge in [0.1, 0.15) is 0 Å². The Morgan fingerprint density at radius 2 is 1.73 bits per heavy atom. The summed E-state index contributed by atoms with van der Waals surface area (Å²) in [6, 6.07) is 0. The Labute approximate surface area is 90.1 Å². The van der Waals surface area contributed by atoms with Gasteiger partial charge in [-0.15, -0.1) is 0 Å². The van der Waals surface area contributed by atoms with Gasteiger partial charge in [0.05, 0.1) is 30.5 Å². The second-order valence-electron chi connectivity index (χ2n) is 5.42. The number of hydrogen-bond acceptors (Lipinski definition) is 3. The summed E-state index contributed by atoms with van der Waals surface area (Å²) in [5, 5.41) is 0. The minimum absolute atomic E-state index is 0.397. The second kappa shape index (κ2) is 3.19. The van der Waals surface area contributed by atoms with Gasteiger partial charge in [-0.3, -0.25) is 0 Å². The van der Waals surface area contributed by atoms with Crippen molar-refractivity contribution < 1.29 is 14.2 Å². The zero-order valence-electron chi connectivity index (χ0n) is 8.93. The van der Waals surface area contributed by atoms with Crippen molar-refractivity contribution in [3.63, 3.8) is 0 Å². The molecule has 0 radical (unpaired) electrons. The maximum Gasteiger partial charge on any atom is 0.0863 e. The van der Waals surface area contributed by atoms with Crippen molar-refractivity contribution in [2.24, 2.45) is 5.92 Å². The topological polar surface area (TPSA) is 27.7 Å². The molecule has 0 aromatic heterocycles. The normalized spacial score (nSPS) is 57.6. The molecule has 0 aliphatic carbocycles. The van der Waals surface area contributed by atoms with Crippen LogP contribution in [-0.2, 0) is 14.2 Å². The lowest BCUT2D eigenvalue weighted by Crippen LogP contribution is -2.30. The molecule has 0 spiro atoms. The third-order valence-electron chi connectivity index (χ3n) is 4.59. The largest absolute Gasteiger partial charge is 0.375 e. The van der Waals surface area contributed by atoms with E-state index in [-0.39, 0.29) is 0 Å². The highest BCUT2D eigenvalue weighted by atomic mass is 16.6. The maximum absolute atomic E-state index is 6.12. The van der Waals surface area contributed by atoms with E-state index in [2.05, 4.69) is 0 Å². The van der Waals surface area contributed by atoms with Crippen molar-refractivity contribution in [1.29, 1.82) is 0 Å². The standard InChI is InChI=1S/C12H18O3/c1-2-9-8(5-7(1)14-9)11-6-12-10(15-11)3-4-13-12/h7-12H,1-6H2. The molecule has 0 N–H and O–H groups in total. The molecule has 15 heavy (non-hydrogen) atoms. The fraction of sp³-hybridized carbons (Fsp3) is 1.00. The lowest BCUT2D eigenvalue weighted by Gasteiger charge is -2.25. The summed E-state index contributed by atoms with van der Waals surface area (Å²) in [4.78, 5) is 0. The van der Waals surface area contributed by atoms with Gasteiger partial charge in [0.25, 0.3) is 0 Å². The molecule has 84 valence electrons. The van der Waals surface area contributed by atoms with Gasteiger partial charge >= 0.3 is 0 Å². The summed E-state index contributed by atoms with van der Waals surface area (Å²) >= 11 is 0. The van der Waals surface area contributed by atoms with E-state index in [1.807, 2.05) is 0 Å². The van der Waals surface area contributed by atoms with Crippen molar-refractivity contribution in [1.82, 2.24) is 0 Å². The van der Waals surface area contributed by atoms with Gasteiger partial charge in [0, 0.05) is 18.9 Å². The molecular formula is C12H18O3. The van der Waals surface area contributed by atoms with Crippen LogP contribution in [0.1, 0.15) is 32.1 Å². The molecule has 2 bridgehead atoms. The number of fused-ring (bicyclic) bond motifs is 3. The predicted molar refractivity (Wildman–Crippen MR) is 53.6 cm³/mol. The van der Waals surface area contributed by atoms with Gasteiger partial charge in [0.15, 0.2) is 0 Å². The van der Waals surface area contributed by atoms with Crippen LogP contribution >= 0.6 is 0 Å². The molecule has 4 saturated heterocycles. The van der Waals surface area contributed by atoms with E-state index < -0.39 is 0 Å². The van der Waals surface area contributed by atoms with E-state index in [4.69, 9.17) is 14.2 Å². The maximum atomic E-state index is 6.12. The highest BCUT2D eigenvalue weighted by Crippen LogP contribution is 2.45. The summed E-state index contributed by atoms with van der Waals surface area (Å²) in [6.45, 7) is 0.898. The third-order valence-corrected chi connectivity index (χ3v) is 4.59. The van der Waals surface area contributed by atoms with Crippen molar-refractivity contribution in [3.05, 3.63) is 0 Å². The summed E-state index contributed by atoms with van der Waals surface area (Å²) in [5.74, 6) is 0.665. The van der Waals surface area contributed by atoms with Crippen LogP contribution in [0.25, 0.3) is 0 Å². The van der Waals surface area contributed by atoms with Crippen LogP contribution in [0.3, 0.4) is 0 Å². The average Bonchev–Trinajstić information content (AvgIpc) is 2.96. The molecule has 3 nitrogen and oxygen atoms in total. The zero-order chi connectivity index (χ0) is 9.83. The summed E-state index contributed by atoms with van der Waals surface area (Å²) < 4.78 is 17.7. The van der Waals surface area contributed by atoms with E-state index >= 15 is 0 Å². The lowest BCUT2D eigenvalue weighted by molar-refractivity contribution is -0.0120. The van der Waals surface area contributed by atoms with Gasteiger partial charge < -0.3 is 14.2 Å². The van der Waals surface area contributed by atoms with Crippen LogP contribution in [0, 0.1) is 5.92 Å². The fourth-order valence-corrected chi connectivity index (χ4v) is 3.86. The fourth-order valence-electron chi connectivity index (χ4n) is 3.86. The first kappa shape index (κ1) is 8.97. The molecule has 4 aliphatic heterocycles. The molecule has 0 aromatic rings. The highest BCUT2D eigenvalue weighted by Gasteiger charge is 2.50. The lowest BCUT2D eigenvalue weighted by atomic mass is 9.84. The molecule has 0 amide bonds. The smallest absolute Gasteiger partial charge is 0.0863 e. The molecule has 3 heteroatoms. The molecule has 0 aromatic carbocycles. The SMILES string of the molecule is C1CC2OC(C3CC4CCC3O4)CC2O1.